The quantitative estimate of drug-likeness (QED) is 0.272. The van der Waals surface area contributed by atoms with E-state index in [1.54, 1.807) is 29.2 Å². The van der Waals surface area contributed by atoms with Crippen molar-refractivity contribution in [2.45, 2.75) is 43.4 Å². The lowest BCUT2D eigenvalue weighted by atomic mass is 9.78. The van der Waals surface area contributed by atoms with Crippen molar-refractivity contribution < 1.29 is 24.6 Å². The van der Waals surface area contributed by atoms with Crippen molar-refractivity contribution in [3.63, 3.8) is 0 Å². The van der Waals surface area contributed by atoms with Crippen molar-refractivity contribution in [1.29, 1.82) is 0 Å². The maximum absolute atomic E-state index is 13.3. The smallest absolute Gasteiger partial charge is 0.322 e. The highest BCUT2D eigenvalue weighted by molar-refractivity contribution is 9.10. The number of carboxylic acids is 1. The van der Waals surface area contributed by atoms with Crippen LogP contribution in [0.15, 0.2) is 51.8 Å². The minimum atomic E-state index is -0.944. The van der Waals surface area contributed by atoms with Crippen LogP contribution in [0.2, 0.25) is 0 Å². The number of nitrogens with one attached hydrogen (secondary N) is 2. The van der Waals surface area contributed by atoms with Gasteiger partial charge in [-0.15, -0.1) is 11.3 Å². The molecule has 0 spiro atoms. The summed E-state index contributed by atoms with van der Waals surface area (Å²) in [5.41, 5.74) is 6.45. The number of Topliss-reactive ketones (excluding diaryl/α,β-unsaturated/α-hetero) is 1. The number of aliphatic hydroxyl groups excluding tert-OH is 1. The number of fused-ring (bicyclic) bond motifs is 1. The standard InChI is InChI=1S/C23H22BrN3O5S/c24-12-8-16(33-10-12)19-17(20(28)11-4-2-1-3-5-11)21(29)22(30)27(19)13-6-7-15-14(9-13)18(23(31)32)26-25-15/h1-5,8,10,13-15,18-19,25-26,28H,6-7,9H2,(H,31,32)/b20-17+. The van der Waals surface area contributed by atoms with Gasteiger partial charge in [-0.3, -0.25) is 19.8 Å². The predicted molar refractivity (Wildman–Crippen MR) is 125 cm³/mol. The molecule has 1 aromatic heterocycles. The van der Waals surface area contributed by atoms with E-state index in [2.05, 4.69) is 26.8 Å². The Kier molecular flexibility index (Phi) is 5.86. The van der Waals surface area contributed by atoms with Crippen molar-refractivity contribution in [3.05, 3.63) is 62.3 Å². The molecule has 2 aromatic rings. The molecule has 4 N–H and O–H groups in total. The summed E-state index contributed by atoms with van der Waals surface area (Å²) >= 11 is 4.85. The molecule has 33 heavy (non-hydrogen) atoms. The van der Waals surface area contributed by atoms with E-state index in [9.17, 15) is 24.6 Å². The Bertz CT molecular complexity index is 1150. The molecule has 10 heteroatoms. The molecule has 1 saturated carbocycles. The summed E-state index contributed by atoms with van der Waals surface area (Å²) in [6, 6.07) is 8.77. The molecule has 1 aromatic carbocycles. The van der Waals surface area contributed by atoms with Crippen LogP contribution in [0.1, 0.15) is 35.7 Å². The van der Waals surface area contributed by atoms with Crippen LogP contribution in [0.5, 0.6) is 0 Å². The van der Waals surface area contributed by atoms with E-state index in [0.717, 1.165) is 9.35 Å². The van der Waals surface area contributed by atoms with Crippen LogP contribution in [0.25, 0.3) is 5.76 Å². The topological polar surface area (TPSA) is 119 Å². The lowest BCUT2D eigenvalue weighted by Gasteiger charge is -2.39. The summed E-state index contributed by atoms with van der Waals surface area (Å²) in [7, 11) is 0. The van der Waals surface area contributed by atoms with Crippen molar-refractivity contribution in [3.8, 4) is 0 Å². The van der Waals surface area contributed by atoms with Gasteiger partial charge in [-0.25, -0.2) is 5.43 Å². The molecule has 3 fully saturated rings. The fourth-order valence-electron chi connectivity index (χ4n) is 5.26. The number of aliphatic hydroxyl groups is 1. The zero-order chi connectivity index (χ0) is 23.3. The molecule has 2 saturated heterocycles. The van der Waals surface area contributed by atoms with Crippen molar-refractivity contribution in [2.75, 3.05) is 0 Å². The molecule has 2 aliphatic heterocycles. The largest absolute Gasteiger partial charge is 0.507 e. The van der Waals surface area contributed by atoms with Gasteiger partial charge in [-0.1, -0.05) is 30.3 Å². The number of nitrogens with zero attached hydrogens (tertiary/aromatic N) is 1. The summed E-state index contributed by atoms with van der Waals surface area (Å²) in [5.74, 6) is -2.73. The lowest BCUT2D eigenvalue weighted by molar-refractivity contribution is -0.143. The highest BCUT2D eigenvalue weighted by Gasteiger charge is 2.52. The van der Waals surface area contributed by atoms with Crippen LogP contribution in [-0.4, -0.2) is 50.9 Å². The van der Waals surface area contributed by atoms with Gasteiger partial charge in [0.25, 0.3) is 11.7 Å². The normalized spacial score (nSPS) is 31.1. The molecule has 5 rings (SSSR count). The first-order valence-corrected chi connectivity index (χ1v) is 12.4. The third-order valence-electron chi connectivity index (χ3n) is 6.77. The number of halogens is 1. The molecular formula is C23H22BrN3O5S. The van der Waals surface area contributed by atoms with Crippen LogP contribution in [0.3, 0.4) is 0 Å². The van der Waals surface area contributed by atoms with Crippen LogP contribution in [0, 0.1) is 5.92 Å². The number of carbonyl (C=O) groups excluding carboxylic acids is 2. The number of hydrazine groups is 1. The number of thiophene rings is 1. The first-order chi connectivity index (χ1) is 15.9. The second-order valence-corrected chi connectivity index (χ2v) is 10.4. The Hall–Kier alpha value is -2.53. The Morgan fingerprint density at radius 3 is 2.55 bits per heavy atom. The third kappa shape index (κ3) is 3.80. The molecule has 5 unspecified atom stereocenters. The highest BCUT2D eigenvalue weighted by atomic mass is 79.9. The molecule has 1 amide bonds. The number of carbonyl (C=O) groups is 3. The highest BCUT2D eigenvalue weighted by Crippen LogP contribution is 2.46. The third-order valence-corrected chi connectivity index (χ3v) is 8.51. The van der Waals surface area contributed by atoms with Gasteiger partial charge in [0.15, 0.2) is 0 Å². The monoisotopic (exact) mass is 531 g/mol. The molecule has 3 heterocycles. The number of hydrogen-bond donors (Lipinski definition) is 4. The first kappa shape index (κ1) is 22.3. The Morgan fingerprint density at radius 2 is 1.88 bits per heavy atom. The van der Waals surface area contributed by atoms with Crippen LogP contribution < -0.4 is 10.9 Å². The van der Waals surface area contributed by atoms with E-state index >= 15 is 0 Å². The fourth-order valence-corrected chi connectivity index (χ4v) is 6.81. The Morgan fingerprint density at radius 1 is 1.12 bits per heavy atom. The van der Waals surface area contributed by atoms with Crippen molar-refractivity contribution >= 4 is 50.7 Å². The SMILES string of the molecule is O=C1C(=O)N(C2CCC3NNC(C(=O)O)C3C2)C(c2cc(Br)cs2)/C1=C(\O)c1ccccc1. The summed E-state index contributed by atoms with van der Waals surface area (Å²) in [6.45, 7) is 0. The Labute approximate surface area is 202 Å². The molecule has 8 nitrogen and oxygen atoms in total. The zero-order valence-electron chi connectivity index (χ0n) is 17.4. The van der Waals surface area contributed by atoms with Gasteiger partial charge in [0.1, 0.15) is 11.8 Å². The number of amides is 1. The van der Waals surface area contributed by atoms with E-state index in [1.807, 2.05) is 17.5 Å². The molecule has 5 atom stereocenters. The number of likely N-dealkylation sites (tertiary alicyclic amines) is 1. The minimum Gasteiger partial charge on any atom is -0.507 e. The van der Waals surface area contributed by atoms with Crippen molar-refractivity contribution in [1.82, 2.24) is 15.8 Å². The van der Waals surface area contributed by atoms with Gasteiger partial charge >= 0.3 is 5.97 Å². The average molecular weight is 532 g/mol. The summed E-state index contributed by atoms with van der Waals surface area (Å²) in [6.07, 6.45) is 1.75. The zero-order valence-corrected chi connectivity index (χ0v) is 19.8. The van der Waals surface area contributed by atoms with Gasteiger partial charge in [0.2, 0.25) is 0 Å². The number of rotatable bonds is 4. The van der Waals surface area contributed by atoms with Crippen LogP contribution >= 0.6 is 27.3 Å². The second kappa shape index (κ2) is 8.68. The van der Waals surface area contributed by atoms with E-state index < -0.39 is 29.7 Å². The first-order valence-electron chi connectivity index (χ1n) is 10.7. The van der Waals surface area contributed by atoms with E-state index in [0.29, 0.717) is 24.8 Å². The molecular weight excluding hydrogens is 510 g/mol. The van der Waals surface area contributed by atoms with Gasteiger partial charge < -0.3 is 15.1 Å². The van der Waals surface area contributed by atoms with Crippen LogP contribution in [0.4, 0.5) is 0 Å². The number of hydrogen-bond acceptors (Lipinski definition) is 7. The second-order valence-electron chi connectivity index (χ2n) is 8.58. The van der Waals surface area contributed by atoms with Gasteiger partial charge in [0, 0.05) is 38.3 Å². The van der Waals surface area contributed by atoms with Gasteiger partial charge in [-0.2, -0.15) is 0 Å². The average Bonchev–Trinajstić information content (AvgIpc) is 3.50. The molecule has 0 bridgehead atoms. The Balaban J connectivity index is 1.57. The fraction of sp³-hybridized carbons (Fsp3) is 0.348. The van der Waals surface area contributed by atoms with E-state index in [4.69, 9.17) is 0 Å². The molecule has 0 radical (unpaired) electrons. The maximum atomic E-state index is 13.3. The summed E-state index contributed by atoms with van der Waals surface area (Å²) in [5, 5.41) is 22.6. The predicted octanol–water partition coefficient (Wildman–Crippen LogP) is 3.03. The van der Waals surface area contributed by atoms with Crippen LogP contribution in [-0.2, 0) is 14.4 Å². The molecule has 172 valence electrons. The number of benzene rings is 1. The van der Waals surface area contributed by atoms with Gasteiger partial charge in [0.05, 0.1) is 11.6 Å². The summed E-state index contributed by atoms with van der Waals surface area (Å²) < 4.78 is 0.826. The van der Waals surface area contributed by atoms with E-state index in [1.165, 1.54) is 11.3 Å². The molecule has 3 aliphatic rings. The van der Waals surface area contributed by atoms with Crippen molar-refractivity contribution in [2.24, 2.45) is 5.92 Å². The summed E-state index contributed by atoms with van der Waals surface area (Å²) in [4.78, 5) is 40.6. The number of carboxylic acid groups (broad SMARTS) is 1. The number of ketones is 1. The minimum absolute atomic E-state index is 0.00202. The molecule has 1 aliphatic carbocycles. The maximum Gasteiger partial charge on any atom is 0.322 e. The number of aliphatic carboxylic acids is 1. The van der Waals surface area contributed by atoms with Gasteiger partial charge in [-0.05, 0) is 41.3 Å². The van der Waals surface area contributed by atoms with E-state index in [-0.39, 0.29) is 29.3 Å². The lowest BCUT2D eigenvalue weighted by Crippen LogP contribution is -2.47.